The Morgan fingerprint density at radius 2 is 1.91 bits per heavy atom. The predicted molar refractivity (Wildman–Crippen MR) is 109 cm³/mol. The zero-order valence-electron chi connectivity index (χ0n) is 17.3. The molecule has 6 N–H and O–H groups in total. The number of benzene rings is 1. The lowest BCUT2D eigenvalue weighted by molar-refractivity contribution is -0.126. The third-order valence-electron chi connectivity index (χ3n) is 4.78. The number of fused-ring (bicyclic) bond motifs is 1. The topological polar surface area (TPSA) is 188 Å². The highest BCUT2D eigenvalue weighted by molar-refractivity contribution is 6.02. The van der Waals surface area contributed by atoms with Crippen LogP contribution in [-0.2, 0) is 19.2 Å². The Kier molecular flexibility index (Phi) is 9.10. The van der Waals surface area contributed by atoms with E-state index in [1.807, 2.05) is 0 Å². The first-order valence-electron chi connectivity index (χ1n) is 9.95. The number of amides is 4. The Morgan fingerprint density at radius 3 is 2.53 bits per heavy atom. The number of hydrogen-bond donors (Lipinski definition) is 5. The lowest BCUT2D eigenvalue weighted by Gasteiger charge is -2.28. The van der Waals surface area contributed by atoms with Crippen LogP contribution in [0.1, 0.15) is 41.4 Å². The van der Waals surface area contributed by atoms with E-state index in [1.165, 1.54) is 18.2 Å². The van der Waals surface area contributed by atoms with Gasteiger partial charge in [-0.2, -0.15) is 0 Å². The molecule has 0 aliphatic carbocycles. The van der Waals surface area contributed by atoms with E-state index in [2.05, 4.69) is 10.6 Å². The summed E-state index contributed by atoms with van der Waals surface area (Å²) < 4.78 is 5.49. The summed E-state index contributed by atoms with van der Waals surface area (Å²) in [7, 11) is 0. The normalized spacial score (nSPS) is 15.6. The molecule has 2 unspecified atom stereocenters. The van der Waals surface area contributed by atoms with Crippen LogP contribution in [-0.4, -0.2) is 77.4 Å². The molecule has 0 saturated heterocycles. The zero-order chi connectivity index (χ0) is 23.7. The van der Waals surface area contributed by atoms with Gasteiger partial charge in [-0.25, -0.2) is 0 Å². The summed E-state index contributed by atoms with van der Waals surface area (Å²) in [6.45, 7) is -0.468. The van der Waals surface area contributed by atoms with Gasteiger partial charge in [0.2, 0.25) is 11.8 Å². The maximum absolute atomic E-state index is 12.8. The van der Waals surface area contributed by atoms with Gasteiger partial charge in [0, 0.05) is 19.5 Å². The second-order valence-electron chi connectivity index (χ2n) is 6.97. The van der Waals surface area contributed by atoms with Gasteiger partial charge < -0.3 is 36.1 Å². The number of aliphatic hydroxyl groups excluding tert-OH is 2. The van der Waals surface area contributed by atoms with E-state index in [0.717, 1.165) is 4.90 Å². The van der Waals surface area contributed by atoms with Gasteiger partial charge in [-0.3, -0.25) is 24.1 Å². The molecule has 0 bridgehead atoms. The summed E-state index contributed by atoms with van der Waals surface area (Å²) in [6, 6.07) is 3.25. The molecule has 1 aliphatic rings. The van der Waals surface area contributed by atoms with E-state index >= 15 is 0 Å². The molecule has 174 valence electrons. The predicted octanol–water partition coefficient (Wildman–Crippen LogP) is -2.04. The van der Waals surface area contributed by atoms with E-state index in [4.69, 9.17) is 15.6 Å². The van der Waals surface area contributed by atoms with Crippen LogP contribution in [0.25, 0.3) is 0 Å². The third-order valence-corrected chi connectivity index (χ3v) is 4.78. The van der Waals surface area contributed by atoms with Crippen molar-refractivity contribution in [3.8, 4) is 5.75 Å². The highest BCUT2D eigenvalue weighted by Gasteiger charge is 2.43. The highest BCUT2D eigenvalue weighted by Crippen LogP contribution is 2.39. The van der Waals surface area contributed by atoms with Crippen LogP contribution < -0.4 is 21.1 Å². The van der Waals surface area contributed by atoms with Crippen molar-refractivity contribution in [3.05, 3.63) is 29.3 Å². The second kappa shape index (κ2) is 11.8. The fraction of sp³-hybridized carbons (Fsp3) is 0.450. The minimum atomic E-state index is -1.53. The minimum absolute atomic E-state index is 0.0202. The van der Waals surface area contributed by atoms with Crippen LogP contribution in [0.4, 0.5) is 0 Å². The molecular weight excluding hydrogens is 424 g/mol. The summed E-state index contributed by atoms with van der Waals surface area (Å²) in [4.78, 5) is 59.1. The number of nitrogens with zero attached hydrogens (tertiary/aromatic N) is 1. The summed E-state index contributed by atoms with van der Waals surface area (Å²) in [5, 5.41) is 24.3. The van der Waals surface area contributed by atoms with Crippen molar-refractivity contribution in [2.24, 2.45) is 5.73 Å². The molecule has 0 saturated carbocycles. The molecule has 32 heavy (non-hydrogen) atoms. The lowest BCUT2D eigenvalue weighted by atomic mass is 10.1. The molecule has 2 atom stereocenters. The molecule has 0 fully saturated rings. The SMILES string of the molecule is NC(=O)C(CCC=O)N1C(=O)c2cccc(OCC(=O)NCCCNC(=O)CO)c2C1O. The number of hydrogen-bond acceptors (Lipinski definition) is 8. The first-order chi connectivity index (χ1) is 15.3. The fourth-order valence-electron chi connectivity index (χ4n) is 3.26. The summed E-state index contributed by atoms with van der Waals surface area (Å²) in [5.74, 6) is -2.38. The number of carbonyl (C=O) groups is 5. The lowest BCUT2D eigenvalue weighted by Crippen LogP contribution is -2.46. The number of rotatable bonds is 13. The average Bonchev–Trinajstić information content (AvgIpc) is 3.03. The maximum Gasteiger partial charge on any atom is 0.257 e. The van der Waals surface area contributed by atoms with Gasteiger partial charge in [0.25, 0.3) is 11.8 Å². The molecule has 2 rings (SSSR count). The first-order valence-corrected chi connectivity index (χ1v) is 9.95. The van der Waals surface area contributed by atoms with Crippen LogP contribution >= 0.6 is 0 Å². The molecule has 1 heterocycles. The van der Waals surface area contributed by atoms with Gasteiger partial charge in [0.15, 0.2) is 12.8 Å². The number of ether oxygens (including phenoxy) is 1. The molecule has 4 amide bonds. The molecule has 1 aliphatic heterocycles. The van der Waals surface area contributed by atoms with E-state index in [0.29, 0.717) is 12.7 Å². The number of primary amides is 1. The van der Waals surface area contributed by atoms with Gasteiger partial charge in [-0.05, 0) is 25.0 Å². The standard InChI is InChI=1S/C20H26N4O8/c21-18(29)13(5-2-9-25)24-19(30)12-4-1-6-14(17(12)20(24)31)32-11-16(28)23-8-3-7-22-15(27)10-26/h1,4,6,9,13,20,26,31H,2-3,5,7-8,10-11H2,(H2,21,29)(H,22,27)(H,23,28). The number of nitrogens with one attached hydrogen (secondary N) is 2. The number of nitrogens with two attached hydrogens (primary N) is 1. The average molecular weight is 450 g/mol. The number of aldehydes is 1. The van der Waals surface area contributed by atoms with Crippen LogP contribution in [0.15, 0.2) is 18.2 Å². The Bertz CT molecular complexity index is 875. The van der Waals surface area contributed by atoms with E-state index < -0.39 is 49.1 Å². The highest BCUT2D eigenvalue weighted by atomic mass is 16.5. The van der Waals surface area contributed by atoms with Gasteiger partial charge in [0.05, 0.1) is 11.1 Å². The third kappa shape index (κ3) is 6.02. The van der Waals surface area contributed by atoms with Crippen molar-refractivity contribution in [1.82, 2.24) is 15.5 Å². The fourth-order valence-corrected chi connectivity index (χ4v) is 3.26. The Labute approximate surface area is 183 Å². The summed E-state index contributed by atoms with van der Waals surface area (Å²) in [6.07, 6.45) is -0.559. The molecular formula is C20H26N4O8. The number of aliphatic hydroxyl groups is 2. The zero-order valence-corrected chi connectivity index (χ0v) is 17.3. The smallest absolute Gasteiger partial charge is 0.257 e. The minimum Gasteiger partial charge on any atom is -0.483 e. The second-order valence-corrected chi connectivity index (χ2v) is 6.97. The van der Waals surface area contributed by atoms with E-state index in [1.54, 1.807) is 0 Å². The van der Waals surface area contributed by atoms with Gasteiger partial charge in [-0.1, -0.05) is 6.07 Å². The Balaban J connectivity index is 1.99. The van der Waals surface area contributed by atoms with Crippen LogP contribution in [0.2, 0.25) is 0 Å². The van der Waals surface area contributed by atoms with E-state index in [9.17, 15) is 29.1 Å². The van der Waals surface area contributed by atoms with Crippen molar-refractivity contribution < 1.29 is 38.9 Å². The Morgan fingerprint density at radius 1 is 1.22 bits per heavy atom. The monoisotopic (exact) mass is 450 g/mol. The van der Waals surface area contributed by atoms with Crippen LogP contribution in [0.5, 0.6) is 5.75 Å². The van der Waals surface area contributed by atoms with E-state index in [-0.39, 0.29) is 42.8 Å². The maximum atomic E-state index is 12.8. The quantitative estimate of drug-likeness (QED) is 0.168. The molecule has 1 aromatic rings. The first kappa shape index (κ1) is 24.8. The molecule has 0 spiro atoms. The van der Waals surface area contributed by atoms with Gasteiger partial charge >= 0.3 is 0 Å². The molecule has 0 radical (unpaired) electrons. The summed E-state index contributed by atoms with van der Waals surface area (Å²) >= 11 is 0. The van der Waals surface area contributed by atoms with Crippen molar-refractivity contribution in [1.29, 1.82) is 0 Å². The largest absolute Gasteiger partial charge is 0.483 e. The van der Waals surface area contributed by atoms with Crippen LogP contribution in [0, 0.1) is 0 Å². The summed E-state index contributed by atoms with van der Waals surface area (Å²) in [5.41, 5.74) is 5.58. The Hall–Kier alpha value is -3.51. The van der Waals surface area contributed by atoms with Crippen LogP contribution in [0.3, 0.4) is 0 Å². The van der Waals surface area contributed by atoms with Crippen molar-refractivity contribution in [2.45, 2.75) is 31.5 Å². The number of carbonyl (C=O) groups excluding carboxylic acids is 5. The molecule has 12 nitrogen and oxygen atoms in total. The van der Waals surface area contributed by atoms with Crippen molar-refractivity contribution in [2.75, 3.05) is 26.3 Å². The molecule has 12 heteroatoms. The van der Waals surface area contributed by atoms with Gasteiger partial charge in [0.1, 0.15) is 24.7 Å². The molecule has 0 aromatic heterocycles. The van der Waals surface area contributed by atoms with Crippen molar-refractivity contribution in [3.63, 3.8) is 0 Å². The van der Waals surface area contributed by atoms with Gasteiger partial charge in [-0.15, -0.1) is 0 Å². The molecule has 1 aromatic carbocycles. The van der Waals surface area contributed by atoms with Crippen molar-refractivity contribution >= 4 is 29.9 Å².